The molecule has 0 radical (unpaired) electrons. The fourth-order valence-corrected chi connectivity index (χ4v) is 3.01. The molecular formula is C13H13ClN2O2S. The van der Waals surface area contributed by atoms with Crippen LogP contribution >= 0.6 is 11.6 Å². The SMILES string of the molecule is O=S(=O)(NC/C=C/CCl)c1cccc2ncccc12. The number of sulfonamides is 1. The molecule has 0 fully saturated rings. The van der Waals surface area contributed by atoms with Gasteiger partial charge >= 0.3 is 0 Å². The third kappa shape index (κ3) is 3.32. The maximum atomic E-state index is 12.2. The van der Waals surface area contributed by atoms with Crippen molar-refractivity contribution in [3.05, 3.63) is 48.7 Å². The Morgan fingerprint density at radius 3 is 2.84 bits per heavy atom. The summed E-state index contributed by atoms with van der Waals surface area (Å²) in [6.45, 7) is 0.214. The lowest BCUT2D eigenvalue weighted by molar-refractivity contribution is 0.586. The Morgan fingerprint density at radius 1 is 1.21 bits per heavy atom. The number of benzene rings is 1. The van der Waals surface area contributed by atoms with E-state index in [1.165, 1.54) is 0 Å². The second-order valence-electron chi connectivity index (χ2n) is 3.80. The van der Waals surface area contributed by atoms with Crippen molar-refractivity contribution < 1.29 is 8.42 Å². The van der Waals surface area contributed by atoms with Gasteiger partial charge in [0.1, 0.15) is 0 Å². The summed E-state index contributed by atoms with van der Waals surface area (Å²) in [7, 11) is -3.55. The number of allylic oxidation sites excluding steroid dienone is 1. The van der Waals surface area contributed by atoms with Crippen LogP contribution in [0.3, 0.4) is 0 Å². The number of alkyl halides is 1. The first-order valence-corrected chi connectivity index (χ1v) is 7.71. The molecule has 2 rings (SSSR count). The van der Waals surface area contributed by atoms with E-state index in [0.717, 1.165) is 0 Å². The summed E-state index contributed by atoms with van der Waals surface area (Å²) in [5.41, 5.74) is 0.654. The Bertz CT molecular complexity index is 693. The monoisotopic (exact) mass is 296 g/mol. The van der Waals surface area contributed by atoms with E-state index in [0.29, 0.717) is 16.8 Å². The van der Waals surface area contributed by atoms with Crippen LogP contribution in [0.25, 0.3) is 10.9 Å². The fourth-order valence-electron chi connectivity index (χ4n) is 1.69. The van der Waals surface area contributed by atoms with E-state index in [9.17, 15) is 8.42 Å². The molecule has 0 amide bonds. The lowest BCUT2D eigenvalue weighted by Gasteiger charge is -2.07. The minimum absolute atomic E-state index is 0.214. The number of hydrogen-bond acceptors (Lipinski definition) is 3. The van der Waals surface area contributed by atoms with E-state index in [2.05, 4.69) is 9.71 Å². The van der Waals surface area contributed by atoms with Gasteiger partial charge in [0.25, 0.3) is 0 Å². The Balaban J connectivity index is 2.35. The van der Waals surface area contributed by atoms with E-state index >= 15 is 0 Å². The van der Waals surface area contributed by atoms with Crippen molar-refractivity contribution in [2.24, 2.45) is 0 Å². The summed E-state index contributed by atoms with van der Waals surface area (Å²) >= 11 is 5.47. The molecule has 19 heavy (non-hydrogen) atoms. The summed E-state index contributed by atoms with van der Waals surface area (Å²) in [6.07, 6.45) is 5.00. The molecule has 0 saturated carbocycles. The van der Waals surface area contributed by atoms with Gasteiger partial charge in [0, 0.05) is 24.0 Å². The van der Waals surface area contributed by atoms with Gasteiger partial charge in [0.15, 0.2) is 0 Å². The van der Waals surface area contributed by atoms with E-state index in [-0.39, 0.29) is 11.4 Å². The van der Waals surface area contributed by atoms with Crippen LogP contribution in [0.2, 0.25) is 0 Å². The second kappa shape index (κ2) is 6.14. The van der Waals surface area contributed by atoms with Gasteiger partial charge in [-0.2, -0.15) is 0 Å². The number of aromatic nitrogens is 1. The average Bonchev–Trinajstić information content (AvgIpc) is 2.43. The number of fused-ring (bicyclic) bond motifs is 1. The number of nitrogens with one attached hydrogen (secondary N) is 1. The number of rotatable bonds is 5. The average molecular weight is 297 g/mol. The van der Waals surface area contributed by atoms with E-state index in [1.807, 2.05) is 0 Å². The minimum atomic E-state index is -3.55. The zero-order valence-corrected chi connectivity index (χ0v) is 11.7. The zero-order valence-electron chi connectivity index (χ0n) is 10.1. The Kier molecular flexibility index (Phi) is 4.52. The molecule has 0 saturated heterocycles. The summed E-state index contributed by atoms with van der Waals surface area (Å²) in [5.74, 6) is 0.361. The topological polar surface area (TPSA) is 59.1 Å². The molecule has 0 aliphatic carbocycles. The van der Waals surface area contributed by atoms with Gasteiger partial charge in [-0.05, 0) is 24.3 Å². The maximum Gasteiger partial charge on any atom is 0.241 e. The summed E-state index contributed by atoms with van der Waals surface area (Å²) in [4.78, 5) is 4.38. The standard InChI is InChI=1S/C13H13ClN2O2S/c14-8-1-2-10-16-19(17,18)13-7-3-6-12-11(13)5-4-9-15-12/h1-7,9,16H,8,10H2/b2-1+. The van der Waals surface area contributed by atoms with Gasteiger partial charge in [0.05, 0.1) is 10.4 Å². The van der Waals surface area contributed by atoms with Crippen molar-refractivity contribution in [3.63, 3.8) is 0 Å². The fraction of sp³-hybridized carbons (Fsp3) is 0.154. The molecule has 2 aromatic rings. The van der Waals surface area contributed by atoms with Crippen LogP contribution in [0.5, 0.6) is 0 Å². The highest BCUT2D eigenvalue weighted by Crippen LogP contribution is 2.20. The first-order valence-electron chi connectivity index (χ1n) is 5.69. The highest BCUT2D eigenvalue weighted by molar-refractivity contribution is 7.89. The predicted octanol–water partition coefficient (Wildman–Crippen LogP) is 2.31. The molecule has 0 atom stereocenters. The van der Waals surface area contributed by atoms with Crippen molar-refractivity contribution in [1.82, 2.24) is 9.71 Å². The van der Waals surface area contributed by atoms with E-state index in [4.69, 9.17) is 11.6 Å². The van der Waals surface area contributed by atoms with Crippen molar-refractivity contribution in [2.75, 3.05) is 12.4 Å². The van der Waals surface area contributed by atoms with Gasteiger partial charge in [-0.15, -0.1) is 11.6 Å². The van der Waals surface area contributed by atoms with Crippen molar-refractivity contribution in [1.29, 1.82) is 0 Å². The second-order valence-corrected chi connectivity index (χ2v) is 5.85. The van der Waals surface area contributed by atoms with Gasteiger partial charge < -0.3 is 0 Å². The van der Waals surface area contributed by atoms with Crippen LogP contribution in [0.15, 0.2) is 53.6 Å². The highest BCUT2D eigenvalue weighted by Gasteiger charge is 2.16. The third-order valence-corrected chi connectivity index (χ3v) is 4.20. The van der Waals surface area contributed by atoms with Crippen LogP contribution in [-0.4, -0.2) is 25.8 Å². The van der Waals surface area contributed by atoms with Crippen LogP contribution in [0.4, 0.5) is 0 Å². The molecule has 100 valence electrons. The van der Waals surface area contributed by atoms with Gasteiger partial charge in [-0.3, -0.25) is 4.98 Å². The summed E-state index contributed by atoms with van der Waals surface area (Å²) < 4.78 is 26.9. The smallest absolute Gasteiger partial charge is 0.241 e. The van der Waals surface area contributed by atoms with Gasteiger partial charge in [-0.1, -0.05) is 18.2 Å². The zero-order chi connectivity index (χ0) is 13.7. The van der Waals surface area contributed by atoms with E-state index < -0.39 is 10.0 Å². The third-order valence-electron chi connectivity index (χ3n) is 2.54. The molecule has 0 unspecified atom stereocenters. The molecule has 1 aromatic carbocycles. The Hall–Kier alpha value is -1.43. The molecular weight excluding hydrogens is 284 g/mol. The lowest BCUT2D eigenvalue weighted by atomic mass is 10.2. The van der Waals surface area contributed by atoms with Crippen LogP contribution in [-0.2, 0) is 10.0 Å². The minimum Gasteiger partial charge on any atom is -0.256 e. The molecule has 4 nitrogen and oxygen atoms in total. The van der Waals surface area contributed by atoms with E-state index in [1.54, 1.807) is 48.7 Å². The molecule has 0 spiro atoms. The summed E-state index contributed by atoms with van der Waals surface area (Å²) in [5, 5.41) is 0.610. The number of pyridine rings is 1. The Labute approximate surface area is 117 Å². The van der Waals surface area contributed by atoms with Crippen molar-refractivity contribution in [2.45, 2.75) is 4.90 Å². The lowest BCUT2D eigenvalue weighted by Crippen LogP contribution is -2.24. The van der Waals surface area contributed by atoms with Crippen molar-refractivity contribution in [3.8, 4) is 0 Å². The number of nitrogens with zero attached hydrogens (tertiary/aromatic N) is 1. The molecule has 1 aromatic heterocycles. The summed E-state index contributed by atoms with van der Waals surface area (Å²) in [6, 6.07) is 8.48. The van der Waals surface area contributed by atoms with Gasteiger partial charge in [0.2, 0.25) is 10.0 Å². The molecule has 6 heteroatoms. The quantitative estimate of drug-likeness (QED) is 0.680. The first kappa shape index (κ1) is 14.0. The normalized spacial score (nSPS) is 12.3. The molecule has 0 aliphatic heterocycles. The Morgan fingerprint density at radius 2 is 2.05 bits per heavy atom. The molecule has 0 bridgehead atoms. The van der Waals surface area contributed by atoms with Crippen LogP contribution in [0, 0.1) is 0 Å². The largest absolute Gasteiger partial charge is 0.256 e. The first-order chi connectivity index (χ1) is 9.15. The maximum absolute atomic E-state index is 12.2. The molecule has 1 N–H and O–H groups in total. The van der Waals surface area contributed by atoms with Crippen LogP contribution < -0.4 is 4.72 Å². The molecule has 1 heterocycles. The highest BCUT2D eigenvalue weighted by atomic mass is 35.5. The van der Waals surface area contributed by atoms with Crippen LogP contribution in [0.1, 0.15) is 0 Å². The number of halogens is 1. The molecule has 0 aliphatic rings. The predicted molar refractivity (Wildman–Crippen MR) is 76.8 cm³/mol. The number of hydrogen-bond donors (Lipinski definition) is 1. The van der Waals surface area contributed by atoms with Crippen molar-refractivity contribution >= 4 is 32.5 Å². The van der Waals surface area contributed by atoms with Gasteiger partial charge in [-0.25, -0.2) is 13.1 Å².